The molecule has 0 saturated heterocycles. The normalized spacial score (nSPS) is 11.8. The van der Waals surface area contributed by atoms with E-state index in [0.717, 1.165) is 21.8 Å². The average Bonchev–Trinajstić information content (AvgIpc) is 2.57. The van der Waals surface area contributed by atoms with Gasteiger partial charge in [-0.05, 0) is 0 Å². The standard InChI is InChI=1S/C19H21AsClNO/c1-3-4-5-10-20-19-15-8-6-13(21)11-18(15)22-17-9-7-14(23-2)12-16(17)19/h6-9,11-12,20H,3-5,10H2,1-2H3. The Bertz CT molecular complexity index is 834. The van der Waals surface area contributed by atoms with Gasteiger partial charge in [-0.25, -0.2) is 0 Å². The van der Waals surface area contributed by atoms with E-state index in [4.69, 9.17) is 21.3 Å². The van der Waals surface area contributed by atoms with Gasteiger partial charge in [0.05, 0.1) is 0 Å². The van der Waals surface area contributed by atoms with Gasteiger partial charge in [0, 0.05) is 0 Å². The topological polar surface area (TPSA) is 22.1 Å². The molecular formula is C19H21AsClNO. The fourth-order valence-electron chi connectivity index (χ4n) is 2.80. The Morgan fingerprint density at radius 1 is 1.04 bits per heavy atom. The van der Waals surface area contributed by atoms with E-state index in [1.165, 1.54) is 39.6 Å². The molecule has 23 heavy (non-hydrogen) atoms. The summed E-state index contributed by atoms with van der Waals surface area (Å²) < 4.78 is 6.90. The first kappa shape index (κ1) is 16.6. The van der Waals surface area contributed by atoms with Crippen LogP contribution in [0.3, 0.4) is 0 Å². The van der Waals surface area contributed by atoms with Gasteiger partial charge in [0.15, 0.2) is 0 Å². The SMILES string of the molecule is CCCCC[AsH]c1c2ccc(Cl)cc2nc2ccc(OC)cc12. The number of aromatic nitrogens is 1. The van der Waals surface area contributed by atoms with Crippen molar-refractivity contribution in [3.63, 3.8) is 0 Å². The molecule has 1 unspecified atom stereocenters. The predicted octanol–water partition coefficient (Wildman–Crippen LogP) is 4.72. The number of fused-ring (bicyclic) bond motifs is 2. The van der Waals surface area contributed by atoms with Crippen molar-refractivity contribution in [1.82, 2.24) is 4.98 Å². The second-order valence-corrected chi connectivity index (χ2v) is 8.94. The molecule has 0 aliphatic rings. The van der Waals surface area contributed by atoms with Gasteiger partial charge < -0.3 is 0 Å². The summed E-state index contributed by atoms with van der Waals surface area (Å²) in [5, 5.41) is 4.57. The van der Waals surface area contributed by atoms with Crippen molar-refractivity contribution in [2.45, 2.75) is 31.4 Å². The predicted molar refractivity (Wildman–Crippen MR) is 102 cm³/mol. The van der Waals surface area contributed by atoms with E-state index in [0.29, 0.717) is 0 Å². The Balaban J connectivity index is 2.14. The Labute approximate surface area is 148 Å². The van der Waals surface area contributed by atoms with Crippen molar-refractivity contribution in [3.05, 3.63) is 41.4 Å². The summed E-state index contributed by atoms with van der Waals surface area (Å²) in [6.45, 7) is 2.25. The van der Waals surface area contributed by atoms with Gasteiger partial charge in [-0.2, -0.15) is 0 Å². The maximum absolute atomic E-state index is 6.17. The number of methoxy groups -OCH3 is 1. The number of hydrogen-bond acceptors (Lipinski definition) is 2. The average molecular weight is 390 g/mol. The van der Waals surface area contributed by atoms with Gasteiger partial charge in [-0.15, -0.1) is 0 Å². The maximum atomic E-state index is 6.17. The van der Waals surface area contributed by atoms with E-state index in [9.17, 15) is 0 Å². The zero-order chi connectivity index (χ0) is 16.2. The molecule has 0 aliphatic carbocycles. The molecule has 120 valence electrons. The molecule has 2 aromatic carbocycles. The third kappa shape index (κ3) is 3.65. The number of benzene rings is 2. The van der Waals surface area contributed by atoms with Crippen LogP contribution in [0.15, 0.2) is 36.4 Å². The first-order chi connectivity index (χ1) is 11.2. The monoisotopic (exact) mass is 389 g/mol. The van der Waals surface area contributed by atoms with Crippen LogP contribution in [-0.4, -0.2) is 27.8 Å². The molecular weight excluding hydrogens is 369 g/mol. The van der Waals surface area contributed by atoms with Crippen LogP contribution in [0.2, 0.25) is 10.2 Å². The molecule has 4 heteroatoms. The van der Waals surface area contributed by atoms with Crippen LogP contribution >= 0.6 is 11.6 Å². The summed E-state index contributed by atoms with van der Waals surface area (Å²) in [4.78, 5) is 4.80. The van der Waals surface area contributed by atoms with Crippen LogP contribution in [-0.2, 0) is 0 Å². The molecule has 3 aromatic rings. The van der Waals surface area contributed by atoms with Crippen LogP contribution in [0.1, 0.15) is 26.2 Å². The third-order valence-electron chi connectivity index (χ3n) is 4.03. The van der Waals surface area contributed by atoms with Gasteiger partial charge in [0.2, 0.25) is 0 Å². The van der Waals surface area contributed by atoms with E-state index >= 15 is 0 Å². The molecule has 0 N–H and O–H groups in total. The number of halogens is 1. The molecule has 2 nitrogen and oxygen atoms in total. The minimum absolute atomic E-state index is 0.209. The summed E-state index contributed by atoms with van der Waals surface area (Å²) in [5.74, 6) is 0.897. The van der Waals surface area contributed by atoms with Crippen molar-refractivity contribution < 1.29 is 4.74 Å². The Morgan fingerprint density at radius 2 is 1.91 bits per heavy atom. The number of ether oxygens (including phenoxy) is 1. The molecule has 0 fully saturated rings. The molecule has 1 atom stereocenters. The van der Waals surface area contributed by atoms with E-state index in [1.807, 2.05) is 18.2 Å². The van der Waals surface area contributed by atoms with E-state index in [2.05, 4.69) is 25.1 Å². The second kappa shape index (κ2) is 7.55. The number of pyridine rings is 1. The van der Waals surface area contributed by atoms with Crippen molar-refractivity contribution in [1.29, 1.82) is 0 Å². The van der Waals surface area contributed by atoms with E-state index in [1.54, 1.807) is 7.11 Å². The Kier molecular flexibility index (Phi) is 5.45. The number of unbranched alkanes of at least 4 members (excludes halogenated alkanes) is 2. The Morgan fingerprint density at radius 3 is 2.70 bits per heavy atom. The van der Waals surface area contributed by atoms with Crippen LogP contribution in [0, 0.1) is 0 Å². The molecule has 1 heterocycles. The molecule has 0 saturated carbocycles. The summed E-state index contributed by atoms with van der Waals surface area (Å²) in [6.07, 6.45) is 3.91. The molecule has 0 spiro atoms. The van der Waals surface area contributed by atoms with Gasteiger partial charge in [-0.1, -0.05) is 0 Å². The molecule has 0 bridgehead atoms. The zero-order valence-electron chi connectivity index (χ0n) is 13.5. The van der Waals surface area contributed by atoms with Crippen LogP contribution < -0.4 is 9.09 Å². The van der Waals surface area contributed by atoms with Gasteiger partial charge >= 0.3 is 149 Å². The second-order valence-electron chi connectivity index (χ2n) is 5.67. The summed E-state index contributed by atoms with van der Waals surface area (Å²) >= 11 is 5.96. The Hall–Kier alpha value is -1.24. The minimum atomic E-state index is -0.209. The van der Waals surface area contributed by atoms with Crippen molar-refractivity contribution in [3.8, 4) is 5.75 Å². The molecule has 0 radical (unpaired) electrons. The van der Waals surface area contributed by atoms with Crippen LogP contribution in [0.25, 0.3) is 21.8 Å². The van der Waals surface area contributed by atoms with Crippen molar-refractivity contribution in [2.24, 2.45) is 0 Å². The molecule has 3 rings (SSSR count). The summed E-state index contributed by atoms with van der Waals surface area (Å²) in [6, 6.07) is 12.2. The third-order valence-corrected chi connectivity index (χ3v) is 7.40. The van der Waals surface area contributed by atoms with Gasteiger partial charge in [0.1, 0.15) is 0 Å². The van der Waals surface area contributed by atoms with Crippen molar-refractivity contribution in [2.75, 3.05) is 7.11 Å². The van der Waals surface area contributed by atoms with Crippen LogP contribution in [0.5, 0.6) is 5.75 Å². The number of nitrogens with zero attached hydrogens (tertiary/aromatic N) is 1. The zero-order valence-corrected chi connectivity index (χ0v) is 16.4. The first-order valence-electron chi connectivity index (χ1n) is 8.04. The molecule has 1 aromatic heterocycles. The summed E-state index contributed by atoms with van der Waals surface area (Å²) in [7, 11) is 1.71. The van der Waals surface area contributed by atoms with Crippen molar-refractivity contribution >= 4 is 53.5 Å². The first-order valence-corrected chi connectivity index (χ1v) is 10.9. The number of hydrogen-bond donors (Lipinski definition) is 0. The summed E-state index contributed by atoms with van der Waals surface area (Å²) in [5.41, 5.74) is 2.04. The fourth-order valence-corrected chi connectivity index (χ4v) is 6.05. The molecule has 0 amide bonds. The van der Waals surface area contributed by atoms with E-state index in [-0.39, 0.29) is 15.8 Å². The molecule has 0 aliphatic heterocycles. The number of rotatable bonds is 6. The van der Waals surface area contributed by atoms with E-state index < -0.39 is 0 Å². The van der Waals surface area contributed by atoms with Gasteiger partial charge in [0.25, 0.3) is 0 Å². The van der Waals surface area contributed by atoms with Gasteiger partial charge in [-0.3, -0.25) is 0 Å². The fraction of sp³-hybridized carbons (Fsp3) is 0.316. The van der Waals surface area contributed by atoms with Crippen LogP contribution in [0.4, 0.5) is 0 Å². The quantitative estimate of drug-likeness (QED) is 0.346.